The molecular formula is C8H10N6. The monoisotopic (exact) mass is 190 g/mol. The Hall–Kier alpha value is -1.82. The molecule has 0 unspecified atom stereocenters. The highest BCUT2D eigenvalue weighted by atomic mass is 15.5. The SMILES string of the molecule is NCCn1nnnc1-c1cccnc1. The molecule has 0 aliphatic carbocycles. The molecule has 0 spiro atoms. The third-order valence-corrected chi connectivity index (χ3v) is 1.79. The van der Waals surface area contributed by atoms with Crippen molar-refractivity contribution in [1.29, 1.82) is 0 Å². The predicted molar refractivity (Wildman–Crippen MR) is 50.1 cm³/mol. The first-order valence-corrected chi connectivity index (χ1v) is 4.28. The van der Waals surface area contributed by atoms with Crippen molar-refractivity contribution in [3.8, 4) is 11.4 Å². The van der Waals surface area contributed by atoms with Gasteiger partial charge in [0.2, 0.25) is 0 Å². The van der Waals surface area contributed by atoms with Crippen LogP contribution >= 0.6 is 0 Å². The van der Waals surface area contributed by atoms with Gasteiger partial charge in [-0.1, -0.05) is 0 Å². The van der Waals surface area contributed by atoms with E-state index in [-0.39, 0.29) is 0 Å². The van der Waals surface area contributed by atoms with E-state index in [2.05, 4.69) is 20.5 Å². The molecule has 0 bridgehead atoms. The Bertz CT molecular complexity index is 395. The van der Waals surface area contributed by atoms with Crippen molar-refractivity contribution in [2.45, 2.75) is 6.54 Å². The average Bonchev–Trinajstić information content (AvgIpc) is 2.68. The third-order valence-electron chi connectivity index (χ3n) is 1.79. The summed E-state index contributed by atoms with van der Waals surface area (Å²) in [6.45, 7) is 1.12. The minimum Gasteiger partial charge on any atom is -0.329 e. The third kappa shape index (κ3) is 1.60. The van der Waals surface area contributed by atoms with Crippen LogP contribution in [0.2, 0.25) is 0 Å². The fourth-order valence-electron chi connectivity index (χ4n) is 1.18. The van der Waals surface area contributed by atoms with Gasteiger partial charge in [0, 0.05) is 24.5 Å². The van der Waals surface area contributed by atoms with E-state index in [0.717, 1.165) is 5.56 Å². The molecule has 2 rings (SSSR count). The van der Waals surface area contributed by atoms with Gasteiger partial charge in [0.05, 0.1) is 6.54 Å². The number of nitrogens with zero attached hydrogens (tertiary/aromatic N) is 5. The van der Waals surface area contributed by atoms with Crippen molar-refractivity contribution >= 4 is 0 Å². The Balaban J connectivity index is 2.37. The number of hydrogen-bond donors (Lipinski definition) is 1. The summed E-state index contributed by atoms with van der Waals surface area (Å²) >= 11 is 0. The molecule has 0 saturated heterocycles. The molecular weight excluding hydrogens is 180 g/mol. The molecule has 2 aromatic heterocycles. The van der Waals surface area contributed by atoms with Gasteiger partial charge in [-0.15, -0.1) is 5.10 Å². The second kappa shape index (κ2) is 3.93. The van der Waals surface area contributed by atoms with Crippen LogP contribution in [0.3, 0.4) is 0 Å². The Morgan fingerprint density at radius 3 is 3.07 bits per heavy atom. The van der Waals surface area contributed by atoms with Crippen LogP contribution < -0.4 is 5.73 Å². The molecule has 0 saturated carbocycles. The summed E-state index contributed by atoms with van der Waals surface area (Å²) in [5.41, 5.74) is 6.33. The van der Waals surface area contributed by atoms with Crippen LogP contribution in [0.5, 0.6) is 0 Å². The highest BCUT2D eigenvalue weighted by molar-refractivity contribution is 5.52. The number of aromatic nitrogens is 5. The van der Waals surface area contributed by atoms with Crippen LogP contribution in [-0.4, -0.2) is 31.7 Å². The number of nitrogens with two attached hydrogens (primary N) is 1. The summed E-state index contributed by atoms with van der Waals surface area (Å²) in [7, 11) is 0. The Kier molecular flexibility index (Phi) is 2.46. The quantitative estimate of drug-likeness (QED) is 0.718. The Morgan fingerprint density at radius 2 is 2.36 bits per heavy atom. The summed E-state index contributed by atoms with van der Waals surface area (Å²) in [6.07, 6.45) is 3.43. The molecule has 2 heterocycles. The van der Waals surface area contributed by atoms with E-state index in [1.165, 1.54) is 0 Å². The lowest BCUT2D eigenvalue weighted by atomic mass is 10.3. The van der Waals surface area contributed by atoms with Crippen LogP contribution in [0.1, 0.15) is 0 Å². The van der Waals surface area contributed by atoms with Gasteiger partial charge in [0.1, 0.15) is 0 Å². The molecule has 0 atom stereocenters. The summed E-state index contributed by atoms with van der Waals surface area (Å²) in [5.74, 6) is 0.698. The van der Waals surface area contributed by atoms with E-state index >= 15 is 0 Å². The number of tetrazole rings is 1. The first-order valence-electron chi connectivity index (χ1n) is 4.28. The first-order chi connectivity index (χ1) is 6.92. The molecule has 0 amide bonds. The minimum absolute atomic E-state index is 0.512. The number of pyridine rings is 1. The summed E-state index contributed by atoms with van der Waals surface area (Å²) in [5, 5.41) is 11.3. The molecule has 72 valence electrons. The van der Waals surface area contributed by atoms with Crippen LogP contribution in [-0.2, 0) is 6.54 Å². The van der Waals surface area contributed by atoms with Crippen molar-refractivity contribution in [3.63, 3.8) is 0 Å². The van der Waals surface area contributed by atoms with Crippen LogP contribution in [0.15, 0.2) is 24.5 Å². The molecule has 0 radical (unpaired) electrons. The van der Waals surface area contributed by atoms with E-state index in [0.29, 0.717) is 18.9 Å². The molecule has 0 aliphatic heterocycles. The van der Waals surface area contributed by atoms with Crippen molar-refractivity contribution in [2.75, 3.05) is 6.54 Å². The van der Waals surface area contributed by atoms with E-state index in [1.54, 1.807) is 17.1 Å². The molecule has 2 N–H and O–H groups in total. The van der Waals surface area contributed by atoms with Gasteiger partial charge in [0.15, 0.2) is 5.82 Å². The summed E-state index contributed by atoms with van der Waals surface area (Å²) < 4.78 is 1.66. The van der Waals surface area contributed by atoms with Gasteiger partial charge in [0.25, 0.3) is 0 Å². The van der Waals surface area contributed by atoms with Crippen LogP contribution in [0.4, 0.5) is 0 Å². The van der Waals surface area contributed by atoms with E-state index in [4.69, 9.17) is 5.73 Å². The second-order valence-corrected chi connectivity index (χ2v) is 2.76. The number of hydrogen-bond acceptors (Lipinski definition) is 5. The summed E-state index contributed by atoms with van der Waals surface area (Å²) in [4.78, 5) is 4.00. The lowest BCUT2D eigenvalue weighted by molar-refractivity contribution is 0.602. The Morgan fingerprint density at radius 1 is 1.43 bits per heavy atom. The smallest absolute Gasteiger partial charge is 0.183 e. The standard InChI is InChI=1S/C8H10N6/c9-3-5-14-8(11-12-13-14)7-2-1-4-10-6-7/h1-2,4,6H,3,5,9H2. The van der Waals surface area contributed by atoms with Gasteiger partial charge in [-0.05, 0) is 22.6 Å². The first kappa shape index (κ1) is 8.76. The molecule has 14 heavy (non-hydrogen) atoms. The van der Waals surface area contributed by atoms with Gasteiger partial charge < -0.3 is 5.73 Å². The van der Waals surface area contributed by atoms with Crippen molar-refractivity contribution in [3.05, 3.63) is 24.5 Å². The Labute approximate surface area is 80.8 Å². The molecule has 6 heteroatoms. The van der Waals surface area contributed by atoms with Crippen molar-refractivity contribution in [1.82, 2.24) is 25.2 Å². The maximum atomic E-state index is 5.43. The average molecular weight is 190 g/mol. The molecule has 0 aliphatic rings. The zero-order valence-electron chi connectivity index (χ0n) is 7.54. The van der Waals surface area contributed by atoms with Crippen molar-refractivity contribution < 1.29 is 0 Å². The zero-order chi connectivity index (χ0) is 9.80. The van der Waals surface area contributed by atoms with Gasteiger partial charge in [-0.25, -0.2) is 4.68 Å². The van der Waals surface area contributed by atoms with Crippen LogP contribution in [0.25, 0.3) is 11.4 Å². The van der Waals surface area contributed by atoms with Gasteiger partial charge in [-0.2, -0.15) is 0 Å². The van der Waals surface area contributed by atoms with E-state index < -0.39 is 0 Å². The molecule has 0 fully saturated rings. The second-order valence-electron chi connectivity index (χ2n) is 2.76. The lowest BCUT2D eigenvalue weighted by Gasteiger charge is -2.00. The molecule has 0 aromatic carbocycles. The maximum absolute atomic E-state index is 5.43. The maximum Gasteiger partial charge on any atom is 0.183 e. The lowest BCUT2D eigenvalue weighted by Crippen LogP contribution is -2.12. The topological polar surface area (TPSA) is 82.5 Å². The normalized spacial score (nSPS) is 10.4. The molecule has 2 aromatic rings. The summed E-state index contributed by atoms with van der Waals surface area (Å²) in [6, 6.07) is 3.75. The van der Waals surface area contributed by atoms with Gasteiger partial charge >= 0.3 is 0 Å². The fraction of sp³-hybridized carbons (Fsp3) is 0.250. The highest BCUT2D eigenvalue weighted by Crippen LogP contribution is 2.12. The van der Waals surface area contributed by atoms with E-state index in [1.807, 2.05) is 12.1 Å². The minimum atomic E-state index is 0.512. The molecule has 6 nitrogen and oxygen atoms in total. The van der Waals surface area contributed by atoms with E-state index in [9.17, 15) is 0 Å². The van der Waals surface area contributed by atoms with Crippen molar-refractivity contribution in [2.24, 2.45) is 5.73 Å². The fourth-order valence-corrected chi connectivity index (χ4v) is 1.18. The predicted octanol–water partition coefficient (Wildman–Crippen LogP) is -0.306. The number of rotatable bonds is 3. The van der Waals surface area contributed by atoms with Gasteiger partial charge in [-0.3, -0.25) is 4.98 Å². The largest absolute Gasteiger partial charge is 0.329 e. The zero-order valence-corrected chi connectivity index (χ0v) is 7.54. The van der Waals surface area contributed by atoms with Crippen LogP contribution in [0, 0.1) is 0 Å². The highest BCUT2D eigenvalue weighted by Gasteiger charge is 2.06.